The first-order valence-electron chi connectivity index (χ1n) is 10.9. The van der Waals surface area contributed by atoms with Gasteiger partial charge in [-0.1, -0.05) is 103 Å². The second-order valence-corrected chi connectivity index (χ2v) is 8.73. The average molecular weight is 410 g/mol. The van der Waals surface area contributed by atoms with Crippen LogP contribution in [0.3, 0.4) is 0 Å². The molecule has 0 atom stereocenters. The smallest absolute Gasteiger partial charge is 0.423 e. The molecule has 0 saturated heterocycles. The molecule has 2 nitrogen and oxygen atoms in total. The molecule has 5 aromatic rings. The lowest BCUT2D eigenvalue weighted by atomic mass is 9.60. The maximum atomic E-state index is 9.94. The Bertz CT molecular complexity index is 1520. The van der Waals surface area contributed by atoms with Crippen molar-refractivity contribution in [3.63, 3.8) is 0 Å². The van der Waals surface area contributed by atoms with E-state index in [1.165, 1.54) is 44.2 Å². The number of benzene rings is 5. The third-order valence-electron chi connectivity index (χ3n) is 7.30. The molecule has 2 aliphatic carbocycles. The minimum Gasteiger partial charge on any atom is -0.423 e. The van der Waals surface area contributed by atoms with E-state index in [-0.39, 0.29) is 0 Å². The van der Waals surface area contributed by atoms with Gasteiger partial charge in [-0.15, -0.1) is 0 Å². The lowest BCUT2D eigenvalue weighted by Gasteiger charge is -2.40. The SMILES string of the molecule is OB(O)c1ccc2c(c1)-c1cccc3cccc(c13)C21c2ccccc2-c2ccccc21. The normalized spacial score (nSPS) is 14.2. The van der Waals surface area contributed by atoms with Crippen LogP contribution in [0.5, 0.6) is 0 Å². The van der Waals surface area contributed by atoms with Crippen LogP contribution in [0.15, 0.2) is 103 Å². The molecule has 3 heteroatoms. The summed E-state index contributed by atoms with van der Waals surface area (Å²) in [6.45, 7) is 0. The summed E-state index contributed by atoms with van der Waals surface area (Å²) in [5.41, 5.74) is 9.81. The second kappa shape index (κ2) is 6.20. The van der Waals surface area contributed by atoms with Crippen molar-refractivity contribution in [1.29, 1.82) is 0 Å². The van der Waals surface area contributed by atoms with Crippen LogP contribution in [-0.2, 0) is 5.41 Å². The Balaban J connectivity index is 1.76. The molecular formula is C29H19BO2. The van der Waals surface area contributed by atoms with Gasteiger partial charge in [-0.05, 0) is 60.7 Å². The van der Waals surface area contributed by atoms with Gasteiger partial charge in [-0.3, -0.25) is 0 Å². The Kier molecular flexibility index (Phi) is 3.48. The van der Waals surface area contributed by atoms with Crippen LogP contribution < -0.4 is 5.46 Å². The van der Waals surface area contributed by atoms with Gasteiger partial charge >= 0.3 is 7.12 Å². The van der Waals surface area contributed by atoms with Gasteiger partial charge in [0.05, 0.1) is 5.41 Å². The molecule has 2 N–H and O–H groups in total. The predicted molar refractivity (Wildman–Crippen MR) is 130 cm³/mol. The number of rotatable bonds is 1. The van der Waals surface area contributed by atoms with Crippen molar-refractivity contribution in [3.05, 3.63) is 125 Å². The molecule has 32 heavy (non-hydrogen) atoms. The van der Waals surface area contributed by atoms with Gasteiger partial charge in [0.15, 0.2) is 0 Å². The highest BCUT2D eigenvalue weighted by Gasteiger charge is 2.49. The molecule has 0 heterocycles. The molecule has 0 bridgehead atoms. The molecule has 7 rings (SSSR count). The van der Waals surface area contributed by atoms with Crippen LogP contribution in [0, 0.1) is 0 Å². The van der Waals surface area contributed by atoms with Gasteiger partial charge in [-0.25, -0.2) is 0 Å². The van der Waals surface area contributed by atoms with Crippen molar-refractivity contribution >= 4 is 23.4 Å². The first-order chi connectivity index (χ1) is 15.7. The molecule has 0 radical (unpaired) electrons. The van der Waals surface area contributed by atoms with E-state index in [9.17, 15) is 10.0 Å². The molecule has 1 spiro atoms. The second-order valence-electron chi connectivity index (χ2n) is 8.73. The summed E-state index contributed by atoms with van der Waals surface area (Å²) in [7, 11) is -1.50. The monoisotopic (exact) mass is 410 g/mol. The van der Waals surface area contributed by atoms with Gasteiger partial charge in [0.1, 0.15) is 0 Å². The quantitative estimate of drug-likeness (QED) is 0.380. The topological polar surface area (TPSA) is 40.5 Å². The summed E-state index contributed by atoms with van der Waals surface area (Å²) in [6.07, 6.45) is 0. The zero-order chi connectivity index (χ0) is 21.4. The Morgan fingerprint density at radius 2 is 1.06 bits per heavy atom. The fourth-order valence-corrected chi connectivity index (χ4v) is 6.11. The summed E-state index contributed by atoms with van der Waals surface area (Å²) in [5, 5.41) is 22.3. The lowest BCUT2D eigenvalue weighted by Crippen LogP contribution is -2.35. The predicted octanol–water partition coefficient (Wildman–Crippen LogP) is 4.86. The highest BCUT2D eigenvalue weighted by molar-refractivity contribution is 6.58. The molecule has 2 aliphatic rings. The maximum Gasteiger partial charge on any atom is 0.488 e. The first-order valence-corrected chi connectivity index (χ1v) is 10.9. The zero-order valence-corrected chi connectivity index (χ0v) is 17.3. The number of hydrogen-bond acceptors (Lipinski definition) is 2. The van der Waals surface area contributed by atoms with E-state index in [4.69, 9.17) is 0 Å². The maximum absolute atomic E-state index is 9.94. The van der Waals surface area contributed by atoms with Crippen molar-refractivity contribution in [1.82, 2.24) is 0 Å². The molecule has 0 aliphatic heterocycles. The molecule has 150 valence electrons. The first kappa shape index (κ1) is 18.0. The van der Waals surface area contributed by atoms with Crippen LogP contribution in [0.1, 0.15) is 22.3 Å². The fraction of sp³-hybridized carbons (Fsp3) is 0.0345. The van der Waals surface area contributed by atoms with Crippen LogP contribution in [0.2, 0.25) is 0 Å². The van der Waals surface area contributed by atoms with Gasteiger partial charge in [0, 0.05) is 0 Å². The van der Waals surface area contributed by atoms with Crippen molar-refractivity contribution < 1.29 is 10.0 Å². The Morgan fingerprint density at radius 3 is 1.75 bits per heavy atom. The van der Waals surface area contributed by atoms with E-state index in [2.05, 4.69) is 91.0 Å². The third kappa shape index (κ3) is 2.03. The van der Waals surface area contributed by atoms with Gasteiger partial charge < -0.3 is 10.0 Å². The van der Waals surface area contributed by atoms with Crippen LogP contribution in [0.25, 0.3) is 33.0 Å². The highest BCUT2D eigenvalue weighted by atomic mass is 16.4. The molecule has 0 aromatic heterocycles. The average Bonchev–Trinajstić information content (AvgIpc) is 3.13. The van der Waals surface area contributed by atoms with E-state index in [1.807, 2.05) is 12.1 Å². The summed E-state index contributed by atoms with van der Waals surface area (Å²) in [5.74, 6) is 0. The van der Waals surface area contributed by atoms with Crippen molar-refractivity contribution in [3.8, 4) is 22.3 Å². The Hall–Kier alpha value is -3.66. The Morgan fingerprint density at radius 1 is 0.500 bits per heavy atom. The van der Waals surface area contributed by atoms with E-state index >= 15 is 0 Å². The largest absolute Gasteiger partial charge is 0.488 e. The summed E-state index contributed by atoms with van der Waals surface area (Å²) < 4.78 is 0. The molecule has 0 unspecified atom stereocenters. The van der Waals surface area contributed by atoms with Gasteiger partial charge in [0.2, 0.25) is 0 Å². The van der Waals surface area contributed by atoms with E-state index in [1.54, 1.807) is 0 Å². The van der Waals surface area contributed by atoms with E-state index in [0.717, 1.165) is 11.1 Å². The molecule has 0 saturated carbocycles. The van der Waals surface area contributed by atoms with Crippen molar-refractivity contribution in [2.24, 2.45) is 0 Å². The number of hydrogen-bond donors (Lipinski definition) is 2. The third-order valence-corrected chi connectivity index (χ3v) is 7.30. The van der Waals surface area contributed by atoms with E-state index < -0.39 is 12.5 Å². The highest BCUT2D eigenvalue weighted by Crippen LogP contribution is 2.61. The standard InChI is InChI=1S/C29H19BO2/c31-30(32)19-15-16-26-23(17-19)22-11-5-7-18-8-6-14-27(28(18)22)29(26)24-12-3-1-9-20(24)21-10-2-4-13-25(21)29/h1-17,31-32H. The van der Waals surface area contributed by atoms with Crippen molar-refractivity contribution in [2.75, 3.05) is 0 Å². The summed E-state index contributed by atoms with van der Waals surface area (Å²) >= 11 is 0. The van der Waals surface area contributed by atoms with Crippen molar-refractivity contribution in [2.45, 2.75) is 5.41 Å². The minimum atomic E-state index is -1.50. The minimum absolute atomic E-state index is 0.449. The fourth-order valence-electron chi connectivity index (χ4n) is 6.11. The molecule has 0 fully saturated rings. The lowest BCUT2D eigenvalue weighted by molar-refractivity contribution is 0.426. The molecule has 0 amide bonds. The van der Waals surface area contributed by atoms with Gasteiger partial charge in [-0.2, -0.15) is 0 Å². The summed E-state index contributed by atoms with van der Waals surface area (Å²) in [4.78, 5) is 0. The van der Waals surface area contributed by atoms with Crippen LogP contribution in [0.4, 0.5) is 0 Å². The molecular weight excluding hydrogens is 391 g/mol. The Labute approximate surface area is 186 Å². The summed E-state index contributed by atoms with van der Waals surface area (Å²) in [6, 6.07) is 36.3. The van der Waals surface area contributed by atoms with Gasteiger partial charge in [0.25, 0.3) is 0 Å². The van der Waals surface area contributed by atoms with Crippen LogP contribution in [-0.4, -0.2) is 17.2 Å². The van der Waals surface area contributed by atoms with Crippen LogP contribution >= 0.6 is 0 Å². The number of fused-ring (bicyclic) bond motifs is 9. The molecule has 5 aromatic carbocycles. The zero-order valence-electron chi connectivity index (χ0n) is 17.3. The van der Waals surface area contributed by atoms with E-state index in [0.29, 0.717) is 5.46 Å².